The monoisotopic (exact) mass is 436 g/mol. The Bertz CT molecular complexity index is 788. The summed E-state index contributed by atoms with van der Waals surface area (Å²) in [5.74, 6) is -1.65. The molecule has 0 aromatic heterocycles. The molecule has 171 valence electrons. The van der Waals surface area contributed by atoms with Crippen LogP contribution in [-0.4, -0.2) is 68.5 Å². The average molecular weight is 436 g/mol. The second-order valence-electron chi connectivity index (χ2n) is 7.86. The van der Waals surface area contributed by atoms with Crippen molar-refractivity contribution in [2.24, 2.45) is 0 Å². The molecule has 0 saturated carbocycles. The van der Waals surface area contributed by atoms with E-state index < -0.39 is 35.1 Å². The fourth-order valence-electron chi connectivity index (χ4n) is 2.26. The molecule has 1 rings (SSSR count). The van der Waals surface area contributed by atoms with Gasteiger partial charge in [0.1, 0.15) is 11.8 Å². The molecule has 1 aromatic carbocycles. The number of ether oxygens (including phenoxy) is 3. The quantitative estimate of drug-likeness (QED) is 0.385. The molecular formula is C21H31BNO8. The van der Waals surface area contributed by atoms with Crippen LogP contribution in [0.5, 0.6) is 5.75 Å². The fraction of sp³-hybridized carbons (Fsp3) is 0.571. The summed E-state index contributed by atoms with van der Waals surface area (Å²) >= 11 is 0. The highest BCUT2D eigenvalue weighted by Gasteiger charge is 2.36. The molecule has 0 spiro atoms. The highest BCUT2D eigenvalue weighted by atomic mass is 16.5. The molecule has 10 heteroatoms. The number of benzene rings is 1. The van der Waals surface area contributed by atoms with E-state index in [1.807, 2.05) is 0 Å². The van der Waals surface area contributed by atoms with Crippen LogP contribution in [0.3, 0.4) is 0 Å². The topological polar surface area (TPSA) is 120 Å². The summed E-state index contributed by atoms with van der Waals surface area (Å²) in [6.07, 6.45) is -0.373. The number of nitrogens with one attached hydrogen (secondary N) is 1. The number of hydrogen-bond acceptors (Lipinski definition) is 8. The number of carbonyl (C=O) groups is 3. The molecule has 0 aliphatic rings. The molecule has 0 aliphatic carbocycles. The van der Waals surface area contributed by atoms with Crippen LogP contribution in [-0.2, 0) is 23.7 Å². The number of rotatable bonds is 11. The molecule has 0 bridgehead atoms. The Balaban J connectivity index is 3.12. The predicted molar refractivity (Wildman–Crippen MR) is 114 cm³/mol. The molecule has 1 unspecified atom stereocenters. The van der Waals surface area contributed by atoms with Crippen molar-refractivity contribution in [3.05, 3.63) is 23.8 Å². The summed E-state index contributed by atoms with van der Waals surface area (Å²) in [5.41, 5.74) is -1.34. The van der Waals surface area contributed by atoms with Gasteiger partial charge in [0.05, 0.1) is 38.4 Å². The Labute approximate surface area is 183 Å². The third-order valence-electron chi connectivity index (χ3n) is 4.85. The second kappa shape index (κ2) is 11.2. The maximum atomic E-state index is 12.8. The Morgan fingerprint density at radius 3 is 2.26 bits per heavy atom. The number of esters is 2. The molecule has 9 nitrogen and oxygen atoms in total. The zero-order chi connectivity index (χ0) is 23.8. The molecule has 1 amide bonds. The summed E-state index contributed by atoms with van der Waals surface area (Å²) in [4.78, 5) is 36.3. The van der Waals surface area contributed by atoms with Crippen molar-refractivity contribution >= 4 is 30.8 Å². The fourth-order valence-corrected chi connectivity index (χ4v) is 2.26. The van der Waals surface area contributed by atoms with Crippen LogP contribution in [0.4, 0.5) is 0 Å². The summed E-state index contributed by atoms with van der Waals surface area (Å²) in [7, 11) is 3.76. The van der Waals surface area contributed by atoms with Gasteiger partial charge in [-0.3, -0.25) is 9.59 Å². The average Bonchev–Trinajstić information content (AvgIpc) is 2.70. The first-order valence-electron chi connectivity index (χ1n) is 9.81. The van der Waals surface area contributed by atoms with Gasteiger partial charge in [0, 0.05) is 5.56 Å². The first-order chi connectivity index (χ1) is 14.3. The lowest BCUT2D eigenvalue weighted by Crippen LogP contribution is -2.49. The maximum Gasteiger partial charge on any atom is 0.331 e. The number of aliphatic hydroxyl groups is 1. The Morgan fingerprint density at radius 2 is 1.74 bits per heavy atom. The zero-order valence-electron chi connectivity index (χ0n) is 19.1. The van der Waals surface area contributed by atoms with Gasteiger partial charge in [-0.25, -0.2) is 4.79 Å². The summed E-state index contributed by atoms with van der Waals surface area (Å²) in [6, 6.07) is 3.50. The lowest BCUT2D eigenvalue weighted by molar-refractivity contribution is -0.149. The second-order valence-corrected chi connectivity index (χ2v) is 7.86. The van der Waals surface area contributed by atoms with Crippen molar-refractivity contribution in [3.8, 4) is 5.75 Å². The van der Waals surface area contributed by atoms with E-state index in [9.17, 15) is 19.5 Å². The van der Waals surface area contributed by atoms with Crippen molar-refractivity contribution in [1.82, 2.24) is 5.32 Å². The van der Waals surface area contributed by atoms with Gasteiger partial charge < -0.3 is 29.3 Å². The van der Waals surface area contributed by atoms with Gasteiger partial charge >= 0.3 is 19.4 Å². The largest absolute Gasteiger partial charge is 0.494 e. The molecule has 31 heavy (non-hydrogen) atoms. The molecule has 0 saturated heterocycles. The number of carbonyl (C=O) groups excluding carboxylic acids is 3. The third-order valence-corrected chi connectivity index (χ3v) is 4.85. The summed E-state index contributed by atoms with van der Waals surface area (Å²) in [5, 5.41) is 12.7. The summed E-state index contributed by atoms with van der Waals surface area (Å²) in [6.45, 7) is 8.89. The molecule has 1 aromatic rings. The first kappa shape index (κ1) is 26.5. The normalized spacial score (nSPS) is 12.5. The Hall–Kier alpha value is -2.59. The van der Waals surface area contributed by atoms with Crippen molar-refractivity contribution in [2.45, 2.75) is 58.3 Å². The minimum Gasteiger partial charge on any atom is -0.494 e. The number of hydrogen-bond donors (Lipinski definition) is 2. The molecule has 2 N–H and O–H groups in total. The van der Waals surface area contributed by atoms with E-state index in [-0.39, 0.29) is 12.0 Å². The standard InChI is InChI=1S/C21H31BNO8/c1-8-30-15-10-13(9-14(11-15)22-31-21(4,5)20(2,3)27)18(25)23-16(19(26)29-7)12-17(24)28-6/h9-11,16,27H,8,12H2,1-7H3,(H,23,25). The van der Waals surface area contributed by atoms with E-state index in [1.54, 1.807) is 40.7 Å². The minimum atomic E-state index is -1.21. The van der Waals surface area contributed by atoms with Crippen LogP contribution in [0.2, 0.25) is 0 Å². The van der Waals surface area contributed by atoms with Gasteiger partial charge in [-0.2, -0.15) is 0 Å². The van der Waals surface area contributed by atoms with Crippen molar-refractivity contribution in [1.29, 1.82) is 0 Å². The van der Waals surface area contributed by atoms with Crippen LogP contribution in [0, 0.1) is 0 Å². The van der Waals surface area contributed by atoms with E-state index in [0.717, 1.165) is 7.11 Å². The lowest BCUT2D eigenvalue weighted by Gasteiger charge is -2.37. The maximum absolute atomic E-state index is 12.8. The van der Waals surface area contributed by atoms with Crippen molar-refractivity contribution in [3.63, 3.8) is 0 Å². The zero-order valence-corrected chi connectivity index (χ0v) is 19.1. The number of amides is 1. The molecule has 0 heterocycles. The lowest BCUT2D eigenvalue weighted by atomic mass is 9.82. The van der Waals surface area contributed by atoms with Crippen LogP contribution in [0.15, 0.2) is 18.2 Å². The predicted octanol–water partition coefficient (Wildman–Crippen LogP) is 0.730. The van der Waals surface area contributed by atoms with Crippen molar-refractivity contribution < 1.29 is 38.4 Å². The Kier molecular flexibility index (Phi) is 9.52. The smallest absolute Gasteiger partial charge is 0.331 e. The molecular weight excluding hydrogens is 405 g/mol. The van der Waals surface area contributed by atoms with Crippen LogP contribution >= 0.6 is 0 Å². The summed E-state index contributed by atoms with van der Waals surface area (Å²) < 4.78 is 20.5. The number of methoxy groups -OCH3 is 2. The molecule has 0 aliphatic heterocycles. The molecule has 1 radical (unpaired) electrons. The first-order valence-corrected chi connectivity index (χ1v) is 9.81. The highest BCUT2D eigenvalue weighted by molar-refractivity contribution is 6.47. The van der Waals surface area contributed by atoms with Gasteiger partial charge in [-0.05, 0) is 52.2 Å². The van der Waals surface area contributed by atoms with Gasteiger partial charge in [-0.15, -0.1) is 0 Å². The van der Waals surface area contributed by atoms with Crippen LogP contribution in [0.1, 0.15) is 51.4 Å². The van der Waals surface area contributed by atoms with E-state index in [4.69, 9.17) is 9.39 Å². The van der Waals surface area contributed by atoms with Gasteiger partial charge in [0.2, 0.25) is 0 Å². The van der Waals surface area contributed by atoms with E-state index in [1.165, 1.54) is 26.7 Å². The SMILES string of the molecule is CCOc1cc([B]OC(C)(C)C(C)(C)O)cc(C(=O)NC(CC(=O)OC)C(=O)OC)c1. The van der Waals surface area contributed by atoms with Gasteiger partial charge in [0.25, 0.3) is 5.91 Å². The van der Waals surface area contributed by atoms with Gasteiger partial charge in [0.15, 0.2) is 0 Å². The third kappa shape index (κ3) is 7.88. The van der Waals surface area contributed by atoms with Gasteiger partial charge in [-0.1, -0.05) is 6.07 Å². The van der Waals surface area contributed by atoms with E-state index >= 15 is 0 Å². The van der Waals surface area contributed by atoms with E-state index in [2.05, 4.69) is 14.8 Å². The van der Waals surface area contributed by atoms with Crippen molar-refractivity contribution in [2.75, 3.05) is 20.8 Å². The van der Waals surface area contributed by atoms with Crippen LogP contribution in [0.25, 0.3) is 0 Å². The molecule has 0 fully saturated rings. The highest BCUT2D eigenvalue weighted by Crippen LogP contribution is 2.24. The minimum absolute atomic E-state index is 0.181. The Morgan fingerprint density at radius 1 is 1.10 bits per heavy atom. The van der Waals surface area contributed by atoms with Crippen LogP contribution < -0.4 is 15.5 Å². The van der Waals surface area contributed by atoms with E-state index in [0.29, 0.717) is 17.8 Å². The molecule has 1 atom stereocenters.